The molecule has 1 aromatic heterocycles. The van der Waals surface area contributed by atoms with Gasteiger partial charge in [-0.05, 0) is 50.6 Å². The summed E-state index contributed by atoms with van der Waals surface area (Å²) < 4.78 is 2.06. The highest BCUT2D eigenvalue weighted by Gasteiger charge is 2.30. The molecule has 0 aliphatic heterocycles. The van der Waals surface area contributed by atoms with Gasteiger partial charge >= 0.3 is 0 Å². The first-order chi connectivity index (χ1) is 9.78. The zero-order chi connectivity index (χ0) is 14.4. The second kappa shape index (κ2) is 7.77. The van der Waals surface area contributed by atoms with Crippen molar-refractivity contribution in [2.45, 2.75) is 59.4 Å². The molecule has 0 aromatic carbocycles. The largest absolute Gasteiger partial charge is 0.317 e. The SMILES string of the molecule is CCNCC1CCC(CC)CC1Cc1ncnn1CC. The fourth-order valence-electron chi connectivity index (χ4n) is 3.59. The average molecular weight is 278 g/mol. The van der Waals surface area contributed by atoms with Gasteiger partial charge in [0.15, 0.2) is 0 Å². The van der Waals surface area contributed by atoms with E-state index < -0.39 is 0 Å². The molecule has 0 spiro atoms. The summed E-state index contributed by atoms with van der Waals surface area (Å²) in [5.74, 6) is 3.66. The number of aromatic nitrogens is 3. The van der Waals surface area contributed by atoms with Crippen LogP contribution in [-0.4, -0.2) is 27.9 Å². The van der Waals surface area contributed by atoms with Crippen LogP contribution in [0, 0.1) is 17.8 Å². The van der Waals surface area contributed by atoms with Crippen molar-refractivity contribution >= 4 is 0 Å². The van der Waals surface area contributed by atoms with Gasteiger partial charge in [0.25, 0.3) is 0 Å². The maximum absolute atomic E-state index is 4.48. The highest BCUT2D eigenvalue weighted by atomic mass is 15.3. The van der Waals surface area contributed by atoms with Crippen LogP contribution in [0.2, 0.25) is 0 Å². The Labute approximate surface area is 123 Å². The lowest BCUT2D eigenvalue weighted by Crippen LogP contribution is -2.34. The molecule has 1 heterocycles. The van der Waals surface area contributed by atoms with E-state index in [-0.39, 0.29) is 0 Å². The number of hydrogen-bond donors (Lipinski definition) is 1. The monoisotopic (exact) mass is 278 g/mol. The predicted octanol–water partition coefficient (Wildman–Crippen LogP) is 2.89. The Balaban J connectivity index is 2.02. The molecule has 4 nitrogen and oxygen atoms in total. The summed E-state index contributed by atoms with van der Waals surface area (Å²) in [6, 6.07) is 0. The van der Waals surface area contributed by atoms with Crippen molar-refractivity contribution in [3.05, 3.63) is 12.2 Å². The molecule has 0 saturated heterocycles. The van der Waals surface area contributed by atoms with Crippen LogP contribution in [0.15, 0.2) is 6.33 Å². The lowest BCUT2D eigenvalue weighted by Gasteiger charge is -2.36. The average Bonchev–Trinajstić information content (AvgIpc) is 2.93. The van der Waals surface area contributed by atoms with Crippen molar-refractivity contribution in [2.24, 2.45) is 17.8 Å². The van der Waals surface area contributed by atoms with E-state index in [0.29, 0.717) is 0 Å². The summed E-state index contributed by atoms with van der Waals surface area (Å²) in [5.41, 5.74) is 0. The number of aryl methyl sites for hydroxylation is 1. The van der Waals surface area contributed by atoms with E-state index >= 15 is 0 Å². The van der Waals surface area contributed by atoms with Crippen LogP contribution >= 0.6 is 0 Å². The second-order valence-corrected chi connectivity index (χ2v) is 6.11. The standard InChI is InChI=1S/C16H30N4/c1-4-13-7-8-14(11-17-5-2)15(9-13)10-16-18-12-19-20(16)6-3/h12-15,17H,4-11H2,1-3H3. The van der Waals surface area contributed by atoms with Crippen molar-refractivity contribution in [1.82, 2.24) is 20.1 Å². The van der Waals surface area contributed by atoms with Crippen molar-refractivity contribution in [3.8, 4) is 0 Å². The van der Waals surface area contributed by atoms with Crippen LogP contribution in [-0.2, 0) is 13.0 Å². The van der Waals surface area contributed by atoms with Gasteiger partial charge in [-0.15, -0.1) is 0 Å². The van der Waals surface area contributed by atoms with Gasteiger partial charge < -0.3 is 5.32 Å². The molecule has 20 heavy (non-hydrogen) atoms. The van der Waals surface area contributed by atoms with Crippen molar-refractivity contribution in [3.63, 3.8) is 0 Å². The van der Waals surface area contributed by atoms with Crippen molar-refractivity contribution in [1.29, 1.82) is 0 Å². The van der Waals surface area contributed by atoms with Crippen LogP contribution in [0.25, 0.3) is 0 Å². The lowest BCUT2D eigenvalue weighted by molar-refractivity contribution is 0.168. The molecule has 114 valence electrons. The van der Waals surface area contributed by atoms with E-state index in [1.807, 2.05) is 0 Å². The van der Waals surface area contributed by atoms with Gasteiger partial charge in [0, 0.05) is 13.0 Å². The minimum atomic E-state index is 0.766. The number of nitrogens with one attached hydrogen (secondary N) is 1. The molecule has 0 bridgehead atoms. The zero-order valence-corrected chi connectivity index (χ0v) is 13.3. The molecule has 1 aromatic rings. The van der Waals surface area contributed by atoms with Crippen molar-refractivity contribution < 1.29 is 0 Å². The molecule has 1 aliphatic rings. The summed E-state index contributed by atoms with van der Waals surface area (Å²) in [6.45, 7) is 9.84. The molecule has 3 unspecified atom stereocenters. The Morgan fingerprint density at radius 3 is 2.80 bits per heavy atom. The normalized spacial score (nSPS) is 26.9. The van der Waals surface area contributed by atoms with Gasteiger partial charge in [-0.2, -0.15) is 5.10 Å². The topological polar surface area (TPSA) is 42.7 Å². The molecule has 4 heteroatoms. The lowest BCUT2D eigenvalue weighted by atomic mass is 9.71. The zero-order valence-electron chi connectivity index (χ0n) is 13.3. The van der Waals surface area contributed by atoms with Crippen LogP contribution in [0.5, 0.6) is 0 Å². The predicted molar refractivity (Wildman–Crippen MR) is 82.6 cm³/mol. The first-order valence-electron chi connectivity index (χ1n) is 8.35. The van der Waals surface area contributed by atoms with Crippen LogP contribution in [0.1, 0.15) is 52.3 Å². The molecule has 2 rings (SSSR count). The quantitative estimate of drug-likeness (QED) is 0.834. The Hall–Kier alpha value is -0.900. The number of rotatable bonds is 7. The van der Waals surface area contributed by atoms with Crippen LogP contribution < -0.4 is 5.32 Å². The Bertz CT molecular complexity index is 388. The fourth-order valence-corrected chi connectivity index (χ4v) is 3.59. The summed E-state index contributed by atoms with van der Waals surface area (Å²) in [4.78, 5) is 4.48. The van der Waals surface area contributed by atoms with Crippen LogP contribution in [0.4, 0.5) is 0 Å². The summed E-state index contributed by atoms with van der Waals surface area (Å²) in [5, 5.41) is 7.86. The smallest absolute Gasteiger partial charge is 0.138 e. The maximum Gasteiger partial charge on any atom is 0.138 e. The molecule has 1 fully saturated rings. The summed E-state index contributed by atoms with van der Waals surface area (Å²) in [6.07, 6.45) is 8.27. The Kier molecular flexibility index (Phi) is 6.02. The highest BCUT2D eigenvalue weighted by molar-refractivity contribution is 4.92. The van der Waals surface area contributed by atoms with E-state index in [4.69, 9.17) is 0 Å². The van der Waals surface area contributed by atoms with Gasteiger partial charge in [0.05, 0.1) is 0 Å². The third-order valence-electron chi connectivity index (χ3n) is 4.92. The first-order valence-corrected chi connectivity index (χ1v) is 8.35. The Morgan fingerprint density at radius 2 is 2.10 bits per heavy atom. The van der Waals surface area contributed by atoms with Gasteiger partial charge in [0.2, 0.25) is 0 Å². The van der Waals surface area contributed by atoms with E-state index in [2.05, 4.69) is 40.9 Å². The highest BCUT2D eigenvalue weighted by Crippen LogP contribution is 2.36. The molecule has 0 amide bonds. The molecule has 0 radical (unpaired) electrons. The third-order valence-corrected chi connectivity index (χ3v) is 4.92. The van der Waals surface area contributed by atoms with E-state index in [9.17, 15) is 0 Å². The van der Waals surface area contributed by atoms with Gasteiger partial charge in [0.1, 0.15) is 12.2 Å². The molecule has 1 N–H and O–H groups in total. The Morgan fingerprint density at radius 1 is 1.25 bits per heavy atom. The molecule has 3 atom stereocenters. The maximum atomic E-state index is 4.48. The van der Waals surface area contributed by atoms with Crippen molar-refractivity contribution in [2.75, 3.05) is 13.1 Å². The summed E-state index contributed by atoms with van der Waals surface area (Å²) >= 11 is 0. The summed E-state index contributed by atoms with van der Waals surface area (Å²) in [7, 11) is 0. The first kappa shape index (κ1) is 15.5. The van der Waals surface area contributed by atoms with Crippen LogP contribution in [0.3, 0.4) is 0 Å². The minimum absolute atomic E-state index is 0.766. The molecular formula is C16H30N4. The van der Waals surface area contributed by atoms with E-state index in [1.54, 1.807) is 6.33 Å². The second-order valence-electron chi connectivity index (χ2n) is 6.11. The van der Waals surface area contributed by atoms with Gasteiger partial charge in [-0.1, -0.05) is 26.7 Å². The van der Waals surface area contributed by atoms with E-state index in [0.717, 1.165) is 43.8 Å². The third kappa shape index (κ3) is 3.81. The van der Waals surface area contributed by atoms with Gasteiger partial charge in [-0.3, -0.25) is 4.68 Å². The molecule has 1 saturated carbocycles. The molecule has 1 aliphatic carbocycles. The fraction of sp³-hybridized carbons (Fsp3) is 0.875. The minimum Gasteiger partial charge on any atom is -0.317 e. The van der Waals surface area contributed by atoms with Gasteiger partial charge in [-0.25, -0.2) is 4.98 Å². The number of hydrogen-bond acceptors (Lipinski definition) is 3. The molecular weight excluding hydrogens is 248 g/mol. The van der Waals surface area contributed by atoms with E-state index in [1.165, 1.54) is 31.5 Å². The number of nitrogens with zero attached hydrogens (tertiary/aromatic N) is 3.